The van der Waals surface area contributed by atoms with Crippen LogP contribution in [0.4, 0.5) is 13.2 Å². The predicted molar refractivity (Wildman–Crippen MR) is 110 cm³/mol. The lowest BCUT2D eigenvalue weighted by Gasteiger charge is -2.24. The molecule has 30 heavy (non-hydrogen) atoms. The van der Waals surface area contributed by atoms with E-state index in [1.807, 2.05) is 18.2 Å². The Morgan fingerprint density at radius 1 is 0.933 bits per heavy atom. The van der Waals surface area contributed by atoms with Gasteiger partial charge in [0.15, 0.2) is 0 Å². The molecule has 2 rings (SSSR count). The second-order valence-corrected chi connectivity index (χ2v) is 7.63. The number of hydrogen-bond donors (Lipinski definition) is 3. The van der Waals surface area contributed by atoms with Crippen molar-refractivity contribution in [2.24, 2.45) is 5.73 Å². The highest BCUT2D eigenvalue weighted by Gasteiger charge is 2.35. The van der Waals surface area contributed by atoms with E-state index < -0.39 is 30.5 Å². The second-order valence-electron chi connectivity index (χ2n) is 7.63. The van der Waals surface area contributed by atoms with Crippen molar-refractivity contribution in [1.29, 1.82) is 0 Å². The van der Waals surface area contributed by atoms with Gasteiger partial charge < -0.3 is 20.7 Å². The van der Waals surface area contributed by atoms with Gasteiger partial charge in [0.05, 0.1) is 30.9 Å². The molecule has 0 heterocycles. The van der Waals surface area contributed by atoms with E-state index in [2.05, 4.69) is 13.0 Å². The first-order valence-corrected chi connectivity index (χ1v) is 10.1. The number of aliphatic hydroxyl groups excluding tert-OH is 2. The Morgan fingerprint density at radius 2 is 1.60 bits per heavy atom. The molecule has 0 amide bonds. The van der Waals surface area contributed by atoms with Crippen LogP contribution < -0.4 is 10.5 Å². The number of benzene rings is 2. The van der Waals surface area contributed by atoms with Crippen LogP contribution in [0.2, 0.25) is 0 Å². The molecule has 0 aliphatic rings. The van der Waals surface area contributed by atoms with Gasteiger partial charge in [-0.25, -0.2) is 0 Å². The highest BCUT2D eigenvalue weighted by Crippen LogP contribution is 2.37. The zero-order valence-electron chi connectivity index (χ0n) is 17.2. The Kier molecular flexibility index (Phi) is 8.70. The average Bonchev–Trinajstić information content (AvgIpc) is 2.75. The summed E-state index contributed by atoms with van der Waals surface area (Å²) >= 11 is 0. The highest BCUT2D eigenvalue weighted by atomic mass is 19.4. The fourth-order valence-corrected chi connectivity index (χ4v) is 3.14. The topological polar surface area (TPSA) is 75.7 Å². The molecule has 0 atom stereocenters. The summed E-state index contributed by atoms with van der Waals surface area (Å²) in [4.78, 5) is 0. The van der Waals surface area contributed by atoms with E-state index in [-0.39, 0.29) is 25.2 Å². The molecule has 2 aromatic rings. The van der Waals surface area contributed by atoms with Crippen LogP contribution in [0.5, 0.6) is 5.75 Å². The normalized spacial score (nSPS) is 12.2. The maximum Gasteiger partial charge on any atom is 0.419 e. The molecule has 4 nitrogen and oxygen atoms in total. The molecule has 0 aliphatic carbocycles. The van der Waals surface area contributed by atoms with Gasteiger partial charge in [0, 0.05) is 0 Å². The number of aliphatic hydroxyl groups is 2. The summed E-state index contributed by atoms with van der Waals surface area (Å²) in [5, 5.41) is 18.5. The third kappa shape index (κ3) is 7.00. The summed E-state index contributed by atoms with van der Waals surface area (Å²) in [6, 6.07) is 12.1. The predicted octanol–water partition coefficient (Wildman–Crippen LogP) is 3.89. The monoisotopic (exact) mass is 425 g/mol. The smallest absolute Gasteiger partial charge is 0.419 e. The lowest BCUT2D eigenvalue weighted by molar-refractivity contribution is -0.139. The number of halogens is 3. The first-order chi connectivity index (χ1) is 14.2. The molecule has 2 aromatic carbocycles. The van der Waals surface area contributed by atoms with Crippen molar-refractivity contribution >= 4 is 0 Å². The average molecular weight is 425 g/mol. The third-order valence-corrected chi connectivity index (χ3v) is 5.16. The second kappa shape index (κ2) is 10.8. The molecule has 0 aliphatic heterocycles. The number of rotatable bonds is 11. The van der Waals surface area contributed by atoms with E-state index in [0.29, 0.717) is 12.0 Å². The first-order valence-electron chi connectivity index (χ1n) is 10.1. The van der Waals surface area contributed by atoms with Crippen molar-refractivity contribution in [3.8, 4) is 5.75 Å². The molecule has 0 bridgehead atoms. The van der Waals surface area contributed by atoms with Gasteiger partial charge in [-0.1, -0.05) is 37.3 Å². The lowest BCUT2D eigenvalue weighted by atomic mass is 9.93. The van der Waals surface area contributed by atoms with Crippen LogP contribution in [0.25, 0.3) is 0 Å². The summed E-state index contributed by atoms with van der Waals surface area (Å²) in [6.07, 6.45) is -1.91. The van der Waals surface area contributed by atoms with E-state index >= 15 is 0 Å². The highest BCUT2D eigenvalue weighted by molar-refractivity contribution is 5.39. The number of ether oxygens (including phenoxy) is 1. The molecule has 0 saturated heterocycles. The summed E-state index contributed by atoms with van der Waals surface area (Å²) in [6.45, 7) is 1.36. The van der Waals surface area contributed by atoms with Gasteiger partial charge in [0.1, 0.15) is 5.75 Å². The Labute approximate surface area is 175 Å². The minimum absolute atomic E-state index is 0.161. The maximum absolute atomic E-state index is 13.5. The van der Waals surface area contributed by atoms with E-state index in [1.54, 1.807) is 6.07 Å². The zero-order valence-corrected chi connectivity index (χ0v) is 17.2. The van der Waals surface area contributed by atoms with Gasteiger partial charge >= 0.3 is 6.18 Å². The largest absolute Gasteiger partial charge is 0.493 e. The van der Waals surface area contributed by atoms with Crippen LogP contribution in [-0.2, 0) is 25.4 Å². The summed E-state index contributed by atoms with van der Waals surface area (Å²) in [5.41, 5.74) is 6.54. The number of nitrogens with two attached hydrogens (primary N) is 1. The van der Waals surface area contributed by atoms with Gasteiger partial charge in [-0.05, 0) is 60.9 Å². The third-order valence-electron chi connectivity index (χ3n) is 5.16. The van der Waals surface area contributed by atoms with Crippen LogP contribution in [0.1, 0.15) is 42.0 Å². The summed E-state index contributed by atoms with van der Waals surface area (Å²) in [7, 11) is 0. The maximum atomic E-state index is 13.5. The molecule has 0 spiro atoms. The molecule has 0 unspecified atom stereocenters. The van der Waals surface area contributed by atoms with Crippen LogP contribution >= 0.6 is 0 Å². The van der Waals surface area contributed by atoms with Crippen LogP contribution in [0.15, 0.2) is 42.5 Å². The zero-order chi connectivity index (χ0) is 22.2. The van der Waals surface area contributed by atoms with Crippen molar-refractivity contribution in [3.63, 3.8) is 0 Å². The SMILES string of the molecule is CCc1cccc(CCCOc2ccc(CCC(N)(CO)CO)cc2C(F)(F)F)c1. The lowest BCUT2D eigenvalue weighted by Crippen LogP contribution is -2.47. The minimum atomic E-state index is -4.55. The van der Waals surface area contributed by atoms with Crippen molar-refractivity contribution in [2.45, 2.75) is 50.7 Å². The van der Waals surface area contributed by atoms with Crippen LogP contribution in [-0.4, -0.2) is 35.6 Å². The van der Waals surface area contributed by atoms with Crippen molar-refractivity contribution in [2.75, 3.05) is 19.8 Å². The minimum Gasteiger partial charge on any atom is -0.493 e. The molecule has 7 heteroatoms. The summed E-state index contributed by atoms with van der Waals surface area (Å²) in [5.74, 6) is -0.197. The van der Waals surface area contributed by atoms with Crippen molar-refractivity contribution in [3.05, 3.63) is 64.7 Å². The van der Waals surface area contributed by atoms with E-state index in [9.17, 15) is 23.4 Å². The van der Waals surface area contributed by atoms with Crippen LogP contribution in [0, 0.1) is 0 Å². The first kappa shape index (κ1) is 24.2. The van der Waals surface area contributed by atoms with Crippen molar-refractivity contribution < 1.29 is 28.1 Å². The summed E-state index contributed by atoms with van der Waals surface area (Å²) < 4.78 is 46.0. The Bertz CT molecular complexity index is 805. The van der Waals surface area contributed by atoms with Crippen LogP contribution in [0.3, 0.4) is 0 Å². The van der Waals surface area contributed by atoms with Crippen molar-refractivity contribution in [1.82, 2.24) is 0 Å². The standard InChI is InChI=1S/C23H30F3NO3/c1-2-17-5-3-6-18(13-17)7-4-12-30-21-9-8-19(14-20(21)23(24,25)26)10-11-22(27,15-28)16-29/h3,5-6,8-9,13-14,28-29H,2,4,7,10-12,15-16,27H2,1H3. The number of alkyl halides is 3. The van der Waals surface area contributed by atoms with Gasteiger partial charge in [-0.2, -0.15) is 13.2 Å². The van der Waals surface area contributed by atoms with Gasteiger partial charge in [0.2, 0.25) is 0 Å². The van der Waals surface area contributed by atoms with Gasteiger partial charge in [0.25, 0.3) is 0 Å². The van der Waals surface area contributed by atoms with E-state index in [0.717, 1.165) is 24.5 Å². The Balaban J connectivity index is 2.01. The van der Waals surface area contributed by atoms with Gasteiger partial charge in [-0.3, -0.25) is 0 Å². The molecular formula is C23H30F3NO3. The molecule has 166 valence electrons. The quantitative estimate of drug-likeness (QED) is 0.478. The Morgan fingerprint density at radius 3 is 2.23 bits per heavy atom. The molecule has 4 N–H and O–H groups in total. The van der Waals surface area contributed by atoms with Gasteiger partial charge in [-0.15, -0.1) is 0 Å². The fraction of sp³-hybridized carbons (Fsp3) is 0.478. The molecule has 0 fully saturated rings. The molecule has 0 aromatic heterocycles. The Hall–Kier alpha value is -2.09. The molecule has 0 saturated carbocycles. The fourth-order valence-electron chi connectivity index (χ4n) is 3.14. The molecular weight excluding hydrogens is 395 g/mol. The van der Waals surface area contributed by atoms with E-state index in [4.69, 9.17) is 10.5 Å². The number of aryl methyl sites for hydroxylation is 3. The van der Waals surface area contributed by atoms with E-state index in [1.165, 1.54) is 11.6 Å². The number of hydrogen-bond acceptors (Lipinski definition) is 4. The molecule has 0 radical (unpaired) electrons.